The van der Waals surface area contributed by atoms with Gasteiger partial charge in [-0.3, -0.25) is 0 Å². The number of aromatic nitrogens is 1. The fourth-order valence-electron chi connectivity index (χ4n) is 1.96. The molecule has 1 heterocycles. The monoisotopic (exact) mass is 350 g/mol. The number of aliphatic hydroxyl groups is 1. The normalized spacial score (nSPS) is 11.5. The van der Waals surface area contributed by atoms with Crippen LogP contribution >= 0.6 is 0 Å². The van der Waals surface area contributed by atoms with Crippen LogP contribution in [0.1, 0.15) is 10.4 Å². The molecule has 0 saturated heterocycles. The summed E-state index contributed by atoms with van der Waals surface area (Å²) in [4.78, 5) is 15.7. The molecule has 1 atom stereocenters. The van der Waals surface area contributed by atoms with Gasteiger partial charge in [-0.2, -0.15) is 4.98 Å². The fourth-order valence-corrected chi connectivity index (χ4v) is 1.96. The Bertz CT molecular complexity index is 709. The smallest absolute Gasteiger partial charge is 0.343 e. The molecule has 2 rings (SSSR count). The number of carbonyl (C=O) groups excluding carboxylic acids is 1. The van der Waals surface area contributed by atoms with Crippen molar-refractivity contribution in [3.8, 4) is 11.6 Å². The highest BCUT2D eigenvalue weighted by atomic mass is 19.1. The van der Waals surface area contributed by atoms with Gasteiger partial charge in [0.2, 0.25) is 5.88 Å². The van der Waals surface area contributed by atoms with Crippen molar-refractivity contribution in [1.82, 2.24) is 4.98 Å². The summed E-state index contributed by atoms with van der Waals surface area (Å²) in [5.74, 6) is 0.0931. The van der Waals surface area contributed by atoms with Gasteiger partial charge in [0, 0.05) is 6.54 Å². The third-order valence-corrected chi connectivity index (χ3v) is 3.23. The third-order valence-electron chi connectivity index (χ3n) is 3.23. The van der Waals surface area contributed by atoms with Gasteiger partial charge in [-0.15, -0.1) is 0 Å². The van der Waals surface area contributed by atoms with Crippen molar-refractivity contribution >= 4 is 11.8 Å². The summed E-state index contributed by atoms with van der Waals surface area (Å²) < 4.78 is 27.9. The lowest BCUT2D eigenvalue weighted by Gasteiger charge is -2.14. The van der Waals surface area contributed by atoms with Gasteiger partial charge in [0.25, 0.3) is 0 Å². The Balaban J connectivity index is 1.87. The predicted molar refractivity (Wildman–Crippen MR) is 88.5 cm³/mol. The first-order chi connectivity index (χ1) is 12.0. The highest BCUT2D eigenvalue weighted by molar-refractivity contribution is 5.92. The topological polar surface area (TPSA) is 89.9 Å². The Hall–Kier alpha value is -2.87. The number of hydrogen-bond acceptors (Lipinski definition) is 7. The molecule has 0 aliphatic rings. The molecule has 0 unspecified atom stereocenters. The van der Waals surface area contributed by atoms with Crippen LogP contribution in [-0.2, 0) is 4.74 Å². The molecule has 2 aromatic rings. The zero-order valence-corrected chi connectivity index (χ0v) is 13.9. The minimum Gasteiger partial charge on any atom is -0.491 e. The van der Waals surface area contributed by atoms with Crippen LogP contribution in [0.5, 0.6) is 11.6 Å². The lowest BCUT2D eigenvalue weighted by molar-refractivity contribution is 0.0596. The third kappa shape index (κ3) is 5.32. The summed E-state index contributed by atoms with van der Waals surface area (Å²) in [6.45, 7) is 0.185. The van der Waals surface area contributed by atoms with E-state index in [1.807, 2.05) is 0 Å². The van der Waals surface area contributed by atoms with E-state index in [9.17, 15) is 14.3 Å². The SMILES string of the molecule is COC(=O)c1ccc(NC[C@H](O)COc2ccc(F)cc2)nc1OC. The van der Waals surface area contributed by atoms with E-state index in [0.717, 1.165) is 0 Å². The van der Waals surface area contributed by atoms with Crippen LogP contribution in [0.25, 0.3) is 0 Å². The zero-order valence-electron chi connectivity index (χ0n) is 13.9. The summed E-state index contributed by atoms with van der Waals surface area (Å²) in [5.41, 5.74) is 0.204. The number of ether oxygens (including phenoxy) is 3. The molecule has 0 aliphatic heterocycles. The maximum atomic E-state index is 12.8. The summed E-state index contributed by atoms with van der Waals surface area (Å²) >= 11 is 0. The highest BCUT2D eigenvalue weighted by Crippen LogP contribution is 2.19. The number of pyridine rings is 1. The number of carbonyl (C=O) groups is 1. The quantitative estimate of drug-likeness (QED) is 0.703. The lowest BCUT2D eigenvalue weighted by atomic mass is 10.2. The van der Waals surface area contributed by atoms with E-state index in [0.29, 0.717) is 11.6 Å². The van der Waals surface area contributed by atoms with Crippen LogP contribution in [0.2, 0.25) is 0 Å². The Morgan fingerprint density at radius 2 is 1.96 bits per heavy atom. The number of methoxy groups -OCH3 is 2. The molecular formula is C17H19FN2O5. The molecule has 25 heavy (non-hydrogen) atoms. The first kappa shape index (κ1) is 18.5. The average Bonchev–Trinajstić information content (AvgIpc) is 2.65. The molecular weight excluding hydrogens is 331 g/mol. The zero-order chi connectivity index (χ0) is 18.2. The first-order valence-electron chi connectivity index (χ1n) is 7.47. The van der Waals surface area contributed by atoms with Crippen molar-refractivity contribution in [1.29, 1.82) is 0 Å². The molecule has 134 valence electrons. The van der Waals surface area contributed by atoms with E-state index in [4.69, 9.17) is 9.47 Å². The molecule has 1 aromatic carbocycles. The Labute approximate surface area is 144 Å². The van der Waals surface area contributed by atoms with Crippen molar-refractivity contribution in [3.05, 3.63) is 47.8 Å². The minimum atomic E-state index is -0.821. The van der Waals surface area contributed by atoms with Crippen LogP contribution < -0.4 is 14.8 Å². The maximum Gasteiger partial charge on any atom is 0.343 e. The van der Waals surface area contributed by atoms with Gasteiger partial charge in [-0.25, -0.2) is 9.18 Å². The van der Waals surface area contributed by atoms with Gasteiger partial charge in [-0.05, 0) is 36.4 Å². The fraction of sp³-hybridized carbons (Fsp3) is 0.294. The van der Waals surface area contributed by atoms with Gasteiger partial charge in [0.1, 0.15) is 35.7 Å². The van der Waals surface area contributed by atoms with Crippen LogP contribution in [0.3, 0.4) is 0 Å². The standard InChI is InChI=1S/C17H19FN2O5/c1-23-16-14(17(22)24-2)7-8-15(20-16)19-9-12(21)10-25-13-5-3-11(18)4-6-13/h3-8,12,21H,9-10H2,1-2H3,(H,19,20)/t12-/m0/s1. The van der Waals surface area contributed by atoms with E-state index >= 15 is 0 Å². The molecule has 0 fully saturated rings. The summed E-state index contributed by atoms with van der Waals surface area (Å²) in [5, 5.41) is 12.9. The van der Waals surface area contributed by atoms with Gasteiger partial charge < -0.3 is 24.6 Å². The van der Waals surface area contributed by atoms with E-state index in [1.165, 1.54) is 44.6 Å². The van der Waals surface area contributed by atoms with Crippen LogP contribution in [0, 0.1) is 5.82 Å². The Kier molecular flexibility index (Phi) is 6.53. The molecule has 2 N–H and O–H groups in total. The minimum absolute atomic E-state index is 0.0238. The van der Waals surface area contributed by atoms with Gasteiger partial charge >= 0.3 is 5.97 Å². The average molecular weight is 350 g/mol. The Morgan fingerprint density at radius 1 is 1.24 bits per heavy atom. The van der Waals surface area contributed by atoms with Gasteiger partial charge in [0.05, 0.1) is 14.2 Å². The Morgan fingerprint density at radius 3 is 2.60 bits per heavy atom. The predicted octanol–water partition coefficient (Wildman–Crippen LogP) is 1.87. The van der Waals surface area contributed by atoms with Crippen molar-refractivity contribution in [2.45, 2.75) is 6.10 Å². The number of aliphatic hydroxyl groups excluding tert-OH is 1. The summed E-state index contributed by atoms with van der Waals surface area (Å²) in [6.07, 6.45) is -0.821. The van der Waals surface area contributed by atoms with Crippen molar-refractivity contribution in [3.63, 3.8) is 0 Å². The van der Waals surface area contributed by atoms with Crippen LogP contribution in [0.4, 0.5) is 10.2 Å². The van der Waals surface area contributed by atoms with Crippen LogP contribution in [-0.4, -0.2) is 49.5 Å². The number of nitrogens with one attached hydrogen (secondary N) is 1. The van der Waals surface area contributed by atoms with Crippen molar-refractivity contribution in [2.24, 2.45) is 0 Å². The van der Waals surface area contributed by atoms with Crippen LogP contribution in [0.15, 0.2) is 36.4 Å². The van der Waals surface area contributed by atoms with E-state index in [2.05, 4.69) is 15.0 Å². The largest absolute Gasteiger partial charge is 0.491 e. The second-order valence-corrected chi connectivity index (χ2v) is 5.04. The lowest BCUT2D eigenvalue weighted by Crippen LogP contribution is -2.26. The van der Waals surface area contributed by atoms with Crippen molar-refractivity contribution in [2.75, 3.05) is 32.7 Å². The molecule has 0 radical (unpaired) electrons. The first-order valence-corrected chi connectivity index (χ1v) is 7.47. The highest BCUT2D eigenvalue weighted by Gasteiger charge is 2.15. The van der Waals surface area contributed by atoms with Gasteiger partial charge in [0.15, 0.2) is 0 Å². The van der Waals surface area contributed by atoms with E-state index < -0.39 is 12.1 Å². The maximum absolute atomic E-state index is 12.8. The molecule has 1 aromatic heterocycles. The number of nitrogens with zero attached hydrogens (tertiary/aromatic N) is 1. The molecule has 7 nitrogen and oxygen atoms in total. The van der Waals surface area contributed by atoms with E-state index in [1.54, 1.807) is 6.07 Å². The number of anilines is 1. The molecule has 0 spiro atoms. The number of benzene rings is 1. The summed E-state index contributed by atoms with van der Waals surface area (Å²) in [7, 11) is 2.66. The number of halogens is 1. The number of rotatable bonds is 8. The molecule has 0 aliphatic carbocycles. The summed E-state index contributed by atoms with van der Waals surface area (Å²) in [6, 6.07) is 8.60. The number of hydrogen-bond donors (Lipinski definition) is 2. The second-order valence-electron chi connectivity index (χ2n) is 5.04. The molecule has 0 saturated carbocycles. The van der Waals surface area contributed by atoms with E-state index in [-0.39, 0.29) is 30.4 Å². The number of esters is 1. The molecule has 0 bridgehead atoms. The van der Waals surface area contributed by atoms with Gasteiger partial charge in [-0.1, -0.05) is 0 Å². The van der Waals surface area contributed by atoms with Crippen molar-refractivity contribution < 1.29 is 28.5 Å². The molecule has 0 amide bonds. The second kappa shape index (κ2) is 8.84. The molecule has 8 heteroatoms.